The number of anilines is 1. The number of ether oxygens (including phenoxy) is 1. The van der Waals surface area contributed by atoms with Crippen molar-refractivity contribution in [2.24, 2.45) is 5.92 Å². The molecule has 0 spiro atoms. The summed E-state index contributed by atoms with van der Waals surface area (Å²) in [7, 11) is 0. The molecule has 1 saturated carbocycles. The maximum atomic E-state index is 5.34. The van der Waals surface area contributed by atoms with Crippen molar-refractivity contribution >= 4 is 5.82 Å². The zero-order valence-electron chi connectivity index (χ0n) is 9.94. The molecule has 1 fully saturated rings. The number of nitrogens with zero attached hydrogens (tertiary/aromatic N) is 2. The molecule has 0 amide bonds. The van der Waals surface area contributed by atoms with Gasteiger partial charge in [0.1, 0.15) is 12.1 Å². The summed E-state index contributed by atoms with van der Waals surface area (Å²) >= 11 is 0. The third-order valence-electron chi connectivity index (χ3n) is 3.17. The van der Waals surface area contributed by atoms with E-state index < -0.39 is 0 Å². The molecule has 1 unspecified atom stereocenters. The van der Waals surface area contributed by atoms with Gasteiger partial charge >= 0.3 is 0 Å². The van der Waals surface area contributed by atoms with Crippen molar-refractivity contribution in [3.05, 3.63) is 12.4 Å². The minimum Gasteiger partial charge on any atom is -0.478 e. The van der Waals surface area contributed by atoms with Crippen LogP contribution in [0.2, 0.25) is 0 Å². The van der Waals surface area contributed by atoms with Gasteiger partial charge in [-0.2, -0.15) is 0 Å². The number of hydrogen-bond donors (Lipinski definition) is 1. The lowest BCUT2D eigenvalue weighted by atomic mass is 9.80. The molecule has 4 heteroatoms. The van der Waals surface area contributed by atoms with E-state index in [0.717, 1.165) is 11.7 Å². The minimum absolute atomic E-state index is 0.484. The molecule has 88 valence electrons. The van der Waals surface area contributed by atoms with Crippen LogP contribution in [0.5, 0.6) is 5.88 Å². The molecular formula is C12H19N3O. The van der Waals surface area contributed by atoms with Gasteiger partial charge in [0.15, 0.2) is 0 Å². The van der Waals surface area contributed by atoms with Crippen molar-refractivity contribution in [1.82, 2.24) is 9.97 Å². The van der Waals surface area contributed by atoms with Crippen LogP contribution in [0.4, 0.5) is 5.82 Å². The number of hydrogen-bond acceptors (Lipinski definition) is 4. The minimum atomic E-state index is 0.484. The number of rotatable bonds is 5. The van der Waals surface area contributed by atoms with Crippen molar-refractivity contribution in [3.63, 3.8) is 0 Å². The predicted molar refractivity (Wildman–Crippen MR) is 63.6 cm³/mol. The molecule has 1 N–H and O–H groups in total. The third-order valence-corrected chi connectivity index (χ3v) is 3.17. The van der Waals surface area contributed by atoms with Gasteiger partial charge < -0.3 is 10.1 Å². The fourth-order valence-corrected chi connectivity index (χ4v) is 1.94. The SMILES string of the molecule is CCOc1cc(NC(C)C2CCC2)ncn1. The first-order valence-electron chi connectivity index (χ1n) is 6.01. The molecule has 0 radical (unpaired) electrons. The van der Waals surface area contributed by atoms with Crippen LogP contribution in [0.1, 0.15) is 33.1 Å². The summed E-state index contributed by atoms with van der Waals surface area (Å²) in [5.41, 5.74) is 0. The Kier molecular flexibility index (Phi) is 3.59. The molecule has 0 saturated heterocycles. The van der Waals surface area contributed by atoms with Crippen LogP contribution in [0.3, 0.4) is 0 Å². The Bertz CT molecular complexity index is 339. The van der Waals surface area contributed by atoms with E-state index in [1.165, 1.54) is 19.3 Å². The predicted octanol–water partition coefficient (Wildman–Crippen LogP) is 2.48. The molecule has 0 aromatic carbocycles. The Balaban J connectivity index is 1.94. The van der Waals surface area contributed by atoms with Gasteiger partial charge in [-0.15, -0.1) is 0 Å². The van der Waals surface area contributed by atoms with E-state index in [1.54, 1.807) is 6.33 Å². The Hall–Kier alpha value is -1.32. The van der Waals surface area contributed by atoms with E-state index in [4.69, 9.17) is 4.74 Å². The van der Waals surface area contributed by atoms with Crippen LogP contribution in [0.15, 0.2) is 12.4 Å². The molecule has 1 aromatic heterocycles. The van der Waals surface area contributed by atoms with Gasteiger partial charge in [-0.1, -0.05) is 6.42 Å². The highest BCUT2D eigenvalue weighted by Crippen LogP contribution is 2.30. The van der Waals surface area contributed by atoms with Crippen LogP contribution in [0.25, 0.3) is 0 Å². The fraction of sp³-hybridized carbons (Fsp3) is 0.667. The standard InChI is InChI=1S/C12H19N3O/c1-3-16-12-7-11(13-8-14-12)15-9(2)10-5-4-6-10/h7-10H,3-6H2,1-2H3,(H,13,14,15). The van der Waals surface area contributed by atoms with Gasteiger partial charge in [-0.25, -0.2) is 9.97 Å². The second-order valence-corrected chi connectivity index (χ2v) is 4.30. The maximum Gasteiger partial charge on any atom is 0.218 e. The lowest BCUT2D eigenvalue weighted by Crippen LogP contribution is -2.31. The van der Waals surface area contributed by atoms with Crippen LogP contribution in [-0.4, -0.2) is 22.6 Å². The third kappa shape index (κ3) is 2.62. The Morgan fingerprint density at radius 1 is 1.50 bits per heavy atom. The highest BCUT2D eigenvalue weighted by Gasteiger charge is 2.23. The second-order valence-electron chi connectivity index (χ2n) is 4.30. The monoisotopic (exact) mass is 221 g/mol. The summed E-state index contributed by atoms with van der Waals surface area (Å²) in [5, 5.41) is 3.41. The summed E-state index contributed by atoms with van der Waals surface area (Å²) in [6, 6.07) is 2.34. The molecule has 1 atom stereocenters. The molecule has 2 rings (SSSR count). The van der Waals surface area contributed by atoms with E-state index in [0.29, 0.717) is 18.5 Å². The summed E-state index contributed by atoms with van der Waals surface area (Å²) in [4.78, 5) is 8.24. The van der Waals surface area contributed by atoms with E-state index >= 15 is 0 Å². The van der Waals surface area contributed by atoms with Crippen LogP contribution in [-0.2, 0) is 0 Å². The van der Waals surface area contributed by atoms with E-state index in [9.17, 15) is 0 Å². The highest BCUT2D eigenvalue weighted by atomic mass is 16.5. The highest BCUT2D eigenvalue weighted by molar-refractivity contribution is 5.38. The molecule has 1 aromatic rings. The lowest BCUT2D eigenvalue weighted by molar-refractivity contribution is 0.284. The molecule has 1 heterocycles. The molecule has 1 aliphatic carbocycles. The topological polar surface area (TPSA) is 47.0 Å². The number of nitrogens with one attached hydrogen (secondary N) is 1. The average Bonchev–Trinajstić information content (AvgIpc) is 2.15. The summed E-state index contributed by atoms with van der Waals surface area (Å²) in [6.45, 7) is 4.80. The van der Waals surface area contributed by atoms with Crippen LogP contribution < -0.4 is 10.1 Å². The van der Waals surface area contributed by atoms with Gasteiger partial charge in [0.05, 0.1) is 6.61 Å². The lowest BCUT2D eigenvalue weighted by Gasteiger charge is -2.32. The largest absolute Gasteiger partial charge is 0.478 e. The average molecular weight is 221 g/mol. The second kappa shape index (κ2) is 5.14. The smallest absolute Gasteiger partial charge is 0.218 e. The normalized spacial score (nSPS) is 17.6. The Morgan fingerprint density at radius 2 is 2.31 bits per heavy atom. The van der Waals surface area contributed by atoms with Crippen molar-refractivity contribution < 1.29 is 4.74 Å². The van der Waals surface area contributed by atoms with Gasteiger partial charge in [-0.3, -0.25) is 0 Å². The van der Waals surface area contributed by atoms with E-state index in [2.05, 4.69) is 22.2 Å². The number of aromatic nitrogens is 2. The first kappa shape index (κ1) is 11.2. The quantitative estimate of drug-likeness (QED) is 0.829. The molecule has 0 aliphatic heterocycles. The fourth-order valence-electron chi connectivity index (χ4n) is 1.94. The molecule has 16 heavy (non-hydrogen) atoms. The molecule has 4 nitrogen and oxygen atoms in total. The van der Waals surface area contributed by atoms with E-state index in [1.807, 2.05) is 13.0 Å². The van der Waals surface area contributed by atoms with Crippen molar-refractivity contribution in [2.45, 2.75) is 39.2 Å². The van der Waals surface area contributed by atoms with Crippen molar-refractivity contribution in [2.75, 3.05) is 11.9 Å². The van der Waals surface area contributed by atoms with Gasteiger partial charge in [0, 0.05) is 12.1 Å². The van der Waals surface area contributed by atoms with Crippen LogP contribution >= 0.6 is 0 Å². The zero-order chi connectivity index (χ0) is 11.4. The maximum absolute atomic E-state index is 5.34. The summed E-state index contributed by atoms with van der Waals surface area (Å²) < 4.78 is 5.34. The Labute approximate surface area is 96.4 Å². The summed E-state index contributed by atoms with van der Waals surface area (Å²) in [5.74, 6) is 2.30. The van der Waals surface area contributed by atoms with Crippen LogP contribution in [0, 0.1) is 5.92 Å². The first-order valence-corrected chi connectivity index (χ1v) is 6.01. The molecular weight excluding hydrogens is 202 g/mol. The Morgan fingerprint density at radius 3 is 2.94 bits per heavy atom. The zero-order valence-corrected chi connectivity index (χ0v) is 9.94. The van der Waals surface area contributed by atoms with E-state index in [-0.39, 0.29) is 0 Å². The van der Waals surface area contributed by atoms with Crippen molar-refractivity contribution in [1.29, 1.82) is 0 Å². The summed E-state index contributed by atoms with van der Waals surface area (Å²) in [6.07, 6.45) is 5.57. The van der Waals surface area contributed by atoms with Gasteiger partial charge in [-0.05, 0) is 32.6 Å². The molecule has 0 bridgehead atoms. The first-order chi connectivity index (χ1) is 7.79. The van der Waals surface area contributed by atoms with Gasteiger partial charge in [0.2, 0.25) is 5.88 Å². The van der Waals surface area contributed by atoms with Crippen molar-refractivity contribution in [3.8, 4) is 5.88 Å². The van der Waals surface area contributed by atoms with Gasteiger partial charge in [0.25, 0.3) is 0 Å². The molecule has 1 aliphatic rings.